The number of fused-ring (bicyclic) bond motifs is 1. The predicted molar refractivity (Wildman–Crippen MR) is 83.4 cm³/mol. The normalized spacial score (nSPS) is 29.0. The molecule has 1 aliphatic heterocycles. The molecule has 1 saturated carbocycles. The minimum atomic E-state index is -1.24. The van der Waals surface area contributed by atoms with Gasteiger partial charge in [-0.05, 0) is 12.8 Å². The number of amides is 1. The number of nitrogens with zero attached hydrogens (tertiary/aromatic N) is 4. The highest BCUT2D eigenvalue weighted by molar-refractivity contribution is 5.83. The Hall–Kier alpha value is -2.50. The number of primary amides is 1. The summed E-state index contributed by atoms with van der Waals surface area (Å²) in [6.45, 7) is -0.264. The molecule has 3 heterocycles. The van der Waals surface area contributed by atoms with E-state index in [-0.39, 0.29) is 6.61 Å². The minimum absolute atomic E-state index is 0.264. The van der Waals surface area contributed by atoms with Crippen LogP contribution in [0.15, 0.2) is 12.7 Å². The molecule has 2 aromatic heterocycles. The molecular weight excluding hydrogens is 332 g/mol. The van der Waals surface area contributed by atoms with Crippen molar-refractivity contribution in [3.05, 3.63) is 12.7 Å². The molecule has 0 unspecified atom stereocenters. The molecule has 11 nitrogen and oxygen atoms in total. The van der Waals surface area contributed by atoms with Crippen molar-refractivity contribution < 1.29 is 24.5 Å². The van der Waals surface area contributed by atoms with Crippen molar-refractivity contribution in [2.45, 2.75) is 43.4 Å². The number of rotatable bonds is 5. The van der Waals surface area contributed by atoms with Gasteiger partial charge in [0.15, 0.2) is 23.2 Å². The van der Waals surface area contributed by atoms with E-state index in [0.29, 0.717) is 23.0 Å². The number of anilines is 1. The molecule has 0 bridgehead atoms. The largest absolute Gasteiger partial charge is 0.447 e. The van der Waals surface area contributed by atoms with E-state index in [4.69, 9.17) is 10.5 Å². The Morgan fingerprint density at radius 2 is 2.16 bits per heavy atom. The van der Waals surface area contributed by atoms with Crippen LogP contribution in [0.3, 0.4) is 0 Å². The molecule has 0 aromatic carbocycles. The number of ether oxygens (including phenoxy) is 2. The third-order valence-electron chi connectivity index (χ3n) is 4.28. The molecule has 25 heavy (non-hydrogen) atoms. The quantitative estimate of drug-likeness (QED) is 0.537. The maximum absolute atomic E-state index is 10.7. The second-order valence-corrected chi connectivity index (χ2v) is 6.14. The molecule has 134 valence electrons. The van der Waals surface area contributed by atoms with Crippen LogP contribution in [-0.2, 0) is 9.47 Å². The molecule has 0 radical (unpaired) electrons. The lowest BCUT2D eigenvalue weighted by Crippen LogP contribution is -2.35. The molecule has 1 saturated heterocycles. The van der Waals surface area contributed by atoms with E-state index in [9.17, 15) is 15.0 Å². The molecule has 5 N–H and O–H groups in total. The zero-order valence-corrected chi connectivity index (χ0v) is 13.1. The lowest BCUT2D eigenvalue weighted by molar-refractivity contribution is -0.0526. The Kier molecular flexibility index (Phi) is 3.90. The van der Waals surface area contributed by atoms with Crippen LogP contribution in [0.1, 0.15) is 19.1 Å². The summed E-state index contributed by atoms with van der Waals surface area (Å²) in [5, 5.41) is 23.7. The average Bonchev–Trinajstić information content (AvgIpc) is 3.23. The van der Waals surface area contributed by atoms with Crippen LogP contribution >= 0.6 is 0 Å². The van der Waals surface area contributed by atoms with Gasteiger partial charge in [0, 0.05) is 6.04 Å². The summed E-state index contributed by atoms with van der Waals surface area (Å²) in [5.74, 6) is 0.618. The van der Waals surface area contributed by atoms with Gasteiger partial charge >= 0.3 is 6.09 Å². The summed E-state index contributed by atoms with van der Waals surface area (Å²) in [6, 6.07) is 0.397. The van der Waals surface area contributed by atoms with E-state index < -0.39 is 30.6 Å². The van der Waals surface area contributed by atoms with Gasteiger partial charge in [-0.3, -0.25) is 4.57 Å². The number of nitrogens with one attached hydrogen (secondary N) is 1. The van der Waals surface area contributed by atoms with E-state index in [2.05, 4.69) is 25.0 Å². The first kappa shape index (κ1) is 16.0. The third kappa shape index (κ3) is 2.97. The predicted octanol–water partition coefficient (Wildman–Crippen LogP) is -0.885. The van der Waals surface area contributed by atoms with Crippen molar-refractivity contribution in [3.63, 3.8) is 0 Å². The number of nitrogens with two attached hydrogens (primary N) is 1. The molecule has 1 amide bonds. The molecule has 2 aliphatic rings. The Balaban J connectivity index is 1.59. The number of aliphatic hydroxyl groups excluding tert-OH is 2. The highest BCUT2D eigenvalue weighted by Gasteiger charge is 2.45. The fourth-order valence-corrected chi connectivity index (χ4v) is 2.83. The maximum atomic E-state index is 10.7. The Morgan fingerprint density at radius 1 is 1.36 bits per heavy atom. The van der Waals surface area contributed by atoms with Gasteiger partial charge in [-0.15, -0.1) is 0 Å². The number of imidazole rings is 1. The number of aromatic nitrogens is 4. The summed E-state index contributed by atoms with van der Waals surface area (Å²) in [6.07, 6.45) is -0.256. The fourth-order valence-electron chi connectivity index (χ4n) is 2.83. The number of aliphatic hydroxyl groups is 2. The van der Waals surface area contributed by atoms with Crippen molar-refractivity contribution in [1.82, 2.24) is 19.5 Å². The number of carbonyl (C=O) groups excluding carboxylic acids is 1. The molecule has 2 fully saturated rings. The number of hydrogen-bond donors (Lipinski definition) is 4. The highest BCUT2D eigenvalue weighted by atomic mass is 16.6. The van der Waals surface area contributed by atoms with Crippen LogP contribution < -0.4 is 11.1 Å². The fraction of sp³-hybridized carbons (Fsp3) is 0.571. The van der Waals surface area contributed by atoms with Gasteiger partial charge in [0.05, 0.1) is 6.33 Å². The zero-order valence-electron chi connectivity index (χ0n) is 13.1. The van der Waals surface area contributed by atoms with Gasteiger partial charge in [0.2, 0.25) is 0 Å². The first-order valence-electron chi connectivity index (χ1n) is 7.92. The van der Waals surface area contributed by atoms with Crippen LogP contribution in [0, 0.1) is 0 Å². The van der Waals surface area contributed by atoms with Crippen molar-refractivity contribution in [3.8, 4) is 0 Å². The maximum Gasteiger partial charge on any atom is 0.404 e. The average molecular weight is 350 g/mol. The van der Waals surface area contributed by atoms with E-state index in [1.807, 2.05) is 0 Å². The number of hydrogen-bond acceptors (Lipinski definition) is 9. The first-order valence-corrected chi connectivity index (χ1v) is 7.92. The summed E-state index contributed by atoms with van der Waals surface area (Å²) in [7, 11) is 0. The zero-order chi connectivity index (χ0) is 17.6. The van der Waals surface area contributed by atoms with Gasteiger partial charge in [0.25, 0.3) is 0 Å². The van der Waals surface area contributed by atoms with Crippen molar-refractivity contribution in [1.29, 1.82) is 0 Å². The first-order chi connectivity index (χ1) is 12.0. The SMILES string of the molecule is NC(=O)OC[C@H]1O[C@@H](n2cnc3c(NC4CC4)ncnc32)[C@H](O)[C@@H]1O. The minimum Gasteiger partial charge on any atom is -0.447 e. The van der Waals surface area contributed by atoms with Crippen molar-refractivity contribution in [2.75, 3.05) is 11.9 Å². The topological polar surface area (TPSA) is 158 Å². The Labute approximate surface area is 141 Å². The Bertz CT molecular complexity index is 793. The molecule has 4 rings (SSSR count). The van der Waals surface area contributed by atoms with Crippen LogP contribution in [0.25, 0.3) is 11.2 Å². The van der Waals surface area contributed by atoms with Gasteiger partial charge in [-0.2, -0.15) is 0 Å². The molecule has 0 spiro atoms. The molecular formula is C14H18N6O5. The van der Waals surface area contributed by atoms with Crippen LogP contribution in [0.4, 0.5) is 10.6 Å². The van der Waals surface area contributed by atoms with E-state index in [1.165, 1.54) is 17.2 Å². The smallest absolute Gasteiger partial charge is 0.404 e. The summed E-state index contributed by atoms with van der Waals surface area (Å²) >= 11 is 0. The van der Waals surface area contributed by atoms with Crippen molar-refractivity contribution in [2.24, 2.45) is 5.73 Å². The van der Waals surface area contributed by atoms with Crippen LogP contribution in [0.5, 0.6) is 0 Å². The van der Waals surface area contributed by atoms with Gasteiger partial charge in [0.1, 0.15) is 31.2 Å². The van der Waals surface area contributed by atoms with E-state index in [1.54, 1.807) is 0 Å². The van der Waals surface area contributed by atoms with E-state index >= 15 is 0 Å². The third-order valence-corrected chi connectivity index (χ3v) is 4.28. The second-order valence-electron chi connectivity index (χ2n) is 6.14. The van der Waals surface area contributed by atoms with E-state index in [0.717, 1.165) is 12.8 Å². The van der Waals surface area contributed by atoms with Gasteiger partial charge < -0.3 is 30.7 Å². The highest BCUT2D eigenvalue weighted by Crippen LogP contribution is 2.33. The van der Waals surface area contributed by atoms with Crippen molar-refractivity contribution >= 4 is 23.1 Å². The monoisotopic (exact) mass is 350 g/mol. The second kappa shape index (κ2) is 6.10. The summed E-state index contributed by atoms with van der Waals surface area (Å²) < 4.78 is 11.8. The molecule has 4 atom stereocenters. The van der Waals surface area contributed by atoms with Crippen LogP contribution in [0.2, 0.25) is 0 Å². The lowest BCUT2D eigenvalue weighted by atomic mass is 10.1. The van der Waals surface area contributed by atoms with Gasteiger partial charge in [-0.1, -0.05) is 0 Å². The molecule has 11 heteroatoms. The Morgan fingerprint density at radius 3 is 2.88 bits per heavy atom. The number of carbonyl (C=O) groups is 1. The lowest BCUT2D eigenvalue weighted by Gasteiger charge is -2.16. The molecule has 2 aromatic rings. The standard InChI is InChI=1S/C14H18N6O5/c15-14(23)24-3-7-9(21)10(22)13(25-7)20-5-18-8-11(19-6-1-2-6)16-4-17-12(8)20/h4-7,9-10,13,21-22H,1-3H2,(H2,15,23)(H,16,17,19)/t7-,9-,10-,13-/m1/s1. The summed E-state index contributed by atoms with van der Waals surface area (Å²) in [4.78, 5) is 23.4. The van der Waals surface area contributed by atoms with Crippen LogP contribution in [-0.4, -0.2) is 66.8 Å². The van der Waals surface area contributed by atoms with Gasteiger partial charge in [-0.25, -0.2) is 19.7 Å². The molecule has 1 aliphatic carbocycles. The summed E-state index contributed by atoms with van der Waals surface area (Å²) in [5.41, 5.74) is 5.93.